The summed E-state index contributed by atoms with van der Waals surface area (Å²) in [5.41, 5.74) is 10.3. The molecule has 2 aromatic carbocycles. The number of imidazole rings is 1. The number of ether oxygens (including phenoxy) is 1. The molecule has 0 amide bonds. The van der Waals surface area contributed by atoms with E-state index in [-0.39, 0.29) is 12.2 Å². The second kappa shape index (κ2) is 10.7. The van der Waals surface area contributed by atoms with Crippen LogP contribution in [-0.2, 0) is 6.54 Å². The Hall–Kier alpha value is -4.37. The lowest BCUT2D eigenvalue weighted by atomic mass is 10.1. The fourth-order valence-electron chi connectivity index (χ4n) is 4.01. The molecule has 5 aromatic rings. The van der Waals surface area contributed by atoms with E-state index < -0.39 is 11.6 Å². The van der Waals surface area contributed by atoms with Crippen LogP contribution in [0.25, 0.3) is 33.5 Å². The summed E-state index contributed by atoms with van der Waals surface area (Å²) in [6.07, 6.45) is 2.46. The largest absolute Gasteiger partial charge is 0.492 e. The van der Waals surface area contributed by atoms with Crippen LogP contribution in [0.5, 0.6) is 5.75 Å². The number of nitrogens with one attached hydrogen (secondary N) is 2. The van der Waals surface area contributed by atoms with Gasteiger partial charge in [-0.05, 0) is 62.4 Å². The minimum absolute atomic E-state index is 0.0622. The van der Waals surface area contributed by atoms with Gasteiger partial charge >= 0.3 is 0 Å². The number of pyridine rings is 2. The number of nitrogens with two attached hydrogens (primary N) is 1. The predicted molar refractivity (Wildman–Crippen MR) is 140 cm³/mol. The Labute approximate surface area is 212 Å². The zero-order chi connectivity index (χ0) is 25.8. The van der Waals surface area contributed by atoms with Crippen molar-refractivity contribution >= 4 is 16.6 Å². The number of H-pyrrole nitrogens is 1. The molecular formula is C28H26F2N6O. The maximum atomic E-state index is 14.1. The van der Waals surface area contributed by atoms with Crippen molar-refractivity contribution in [1.82, 2.24) is 19.9 Å². The van der Waals surface area contributed by atoms with Crippen LogP contribution >= 0.6 is 0 Å². The average molecular weight is 501 g/mol. The van der Waals surface area contributed by atoms with Gasteiger partial charge in [0.05, 0.1) is 47.6 Å². The lowest BCUT2D eigenvalue weighted by Gasteiger charge is -2.08. The zero-order valence-electron chi connectivity index (χ0n) is 20.3. The highest BCUT2D eigenvalue weighted by atomic mass is 19.2. The standard InChI is InChI=1S/C28H26F2N6O/c1-17-5-2-8-24(34-17)28-27(35-25(36-28)16-33-23-7-3-6-21(29)26(23)30)18-9-10-22-19(13-18)14-20(15-32-22)37-12-4-11-31/h2-3,5-10,13-15,33H,4,11-12,16,31H2,1H3,(H,35,36). The molecular weight excluding hydrogens is 474 g/mol. The number of benzene rings is 2. The van der Waals surface area contributed by atoms with Gasteiger partial charge in [0.2, 0.25) is 0 Å². The van der Waals surface area contributed by atoms with Gasteiger partial charge < -0.3 is 20.8 Å². The number of aryl methyl sites for hydroxylation is 1. The molecule has 0 unspecified atom stereocenters. The van der Waals surface area contributed by atoms with Crippen LogP contribution in [0.1, 0.15) is 17.9 Å². The van der Waals surface area contributed by atoms with Crippen molar-refractivity contribution in [3.05, 3.63) is 90.0 Å². The zero-order valence-corrected chi connectivity index (χ0v) is 20.3. The number of halogens is 2. The molecule has 5 rings (SSSR count). The van der Waals surface area contributed by atoms with E-state index >= 15 is 0 Å². The third-order valence-electron chi connectivity index (χ3n) is 5.84. The highest BCUT2D eigenvalue weighted by Crippen LogP contribution is 2.32. The first-order chi connectivity index (χ1) is 18.0. The van der Waals surface area contributed by atoms with Gasteiger partial charge in [-0.1, -0.05) is 18.2 Å². The van der Waals surface area contributed by atoms with Gasteiger partial charge in [0.25, 0.3) is 0 Å². The molecule has 7 nitrogen and oxygen atoms in total. The summed E-state index contributed by atoms with van der Waals surface area (Å²) in [7, 11) is 0. The highest BCUT2D eigenvalue weighted by molar-refractivity contribution is 5.87. The minimum atomic E-state index is -0.929. The molecule has 3 aromatic heterocycles. The fraction of sp³-hybridized carbons (Fsp3) is 0.179. The van der Waals surface area contributed by atoms with Crippen molar-refractivity contribution in [2.24, 2.45) is 5.73 Å². The first-order valence-corrected chi connectivity index (χ1v) is 12.0. The summed E-state index contributed by atoms with van der Waals surface area (Å²) < 4.78 is 33.5. The molecule has 4 N–H and O–H groups in total. The summed E-state index contributed by atoms with van der Waals surface area (Å²) in [5, 5.41) is 3.82. The van der Waals surface area contributed by atoms with Gasteiger partial charge in [0, 0.05) is 16.6 Å². The van der Waals surface area contributed by atoms with Crippen molar-refractivity contribution in [1.29, 1.82) is 0 Å². The first kappa shape index (κ1) is 24.3. The summed E-state index contributed by atoms with van der Waals surface area (Å²) in [6, 6.07) is 17.6. The lowest BCUT2D eigenvalue weighted by Crippen LogP contribution is -2.06. The number of hydrogen-bond acceptors (Lipinski definition) is 6. The summed E-state index contributed by atoms with van der Waals surface area (Å²) in [4.78, 5) is 17.3. The molecule has 0 saturated heterocycles. The van der Waals surface area contributed by atoms with E-state index in [0.717, 1.165) is 46.0 Å². The Morgan fingerprint density at radius 1 is 1.03 bits per heavy atom. The molecule has 188 valence electrons. The quantitative estimate of drug-likeness (QED) is 0.227. The Morgan fingerprint density at radius 3 is 2.73 bits per heavy atom. The molecule has 0 fully saturated rings. The van der Waals surface area contributed by atoms with E-state index in [1.807, 2.05) is 49.4 Å². The molecule has 0 aliphatic carbocycles. The Balaban J connectivity index is 1.52. The number of nitrogens with zero attached hydrogens (tertiary/aromatic N) is 3. The van der Waals surface area contributed by atoms with E-state index in [1.54, 1.807) is 6.20 Å². The molecule has 3 heterocycles. The smallest absolute Gasteiger partial charge is 0.181 e. The molecule has 0 aliphatic rings. The van der Waals surface area contributed by atoms with E-state index in [0.29, 0.717) is 30.4 Å². The van der Waals surface area contributed by atoms with E-state index in [9.17, 15) is 8.78 Å². The van der Waals surface area contributed by atoms with Gasteiger partial charge in [0.15, 0.2) is 11.6 Å². The lowest BCUT2D eigenvalue weighted by molar-refractivity contribution is 0.313. The Morgan fingerprint density at radius 2 is 1.89 bits per heavy atom. The number of aromatic amines is 1. The van der Waals surface area contributed by atoms with Gasteiger partial charge in [-0.3, -0.25) is 9.97 Å². The normalized spacial score (nSPS) is 11.1. The number of fused-ring (bicyclic) bond motifs is 1. The van der Waals surface area contributed by atoms with Crippen molar-refractivity contribution < 1.29 is 13.5 Å². The van der Waals surface area contributed by atoms with Gasteiger partial charge in [-0.15, -0.1) is 0 Å². The molecule has 9 heteroatoms. The monoisotopic (exact) mass is 500 g/mol. The third kappa shape index (κ3) is 5.41. The number of hydrogen-bond donors (Lipinski definition) is 3. The van der Waals surface area contributed by atoms with E-state index in [1.165, 1.54) is 12.1 Å². The topological polar surface area (TPSA) is 102 Å². The van der Waals surface area contributed by atoms with Crippen LogP contribution in [0.15, 0.2) is 66.9 Å². The van der Waals surface area contributed by atoms with Crippen molar-refractivity contribution in [3.8, 4) is 28.4 Å². The van der Waals surface area contributed by atoms with Crippen LogP contribution in [0, 0.1) is 18.6 Å². The average Bonchev–Trinajstić information content (AvgIpc) is 3.34. The number of anilines is 1. The summed E-state index contributed by atoms with van der Waals surface area (Å²) in [5.74, 6) is -0.621. The van der Waals surface area contributed by atoms with E-state index in [4.69, 9.17) is 15.5 Å². The summed E-state index contributed by atoms with van der Waals surface area (Å²) in [6.45, 7) is 3.16. The molecule has 0 spiro atoms. The second-order valence-corrected chi connectivity index (χ2v) is 8.60. The van der Waals surface area contributed by atoms with Crippen LogP contribution < -0.4 is 15.8 Å². The van der Waals surface area contributed by atoms with Crippen LogP contribution in [0.4, 0.5) is 14.5 Å². The third-order valence-corrected chi connectivity index (χ3v) is 5.84. The molecule has 0 atom stereocenters. The second-order valence-electron chi connectivity index (χ2n) is 8.60. The van der Waals surface area contributed by atoms with E-state index in [2.05, 4.69) is 20.3 Å². The van der Waals surface area contributed by atoms with Crippen LogP contribution in [0.3, 0.4) is 0 Å². The number of rotatable bonds is 9. The van der Waals surface area contributed by atoms with Crippen LogP contribution in [0.2, 0.25) is 0 Å². The maximum Gasteiger partial charge on any atom is 0.181 e. The molecule has 0 bridgehead atoms. The molecule has 0 saturated carbocycles. The van der Waals surface area contributed by atoms with Gasteiger partial charge in [0.1, 0.15) is 11.6 Å². The highest BCUT2D eigenvalue weighted by Gasteiger charge is 2.17. The molecule has 0 aliphatic heterocycles. The SMILES string of the molecule is Cc1cccc(-c2[nH]c(CNc3cccc(F)c3F)nc2-c2ccc3ncc(OCCCN)cc3c2)n1. The Kier molecular flexibility index (Phi) is 7.04. The van der Waals surface area contributed by atoms with Gasteiger partial charge in [-0.2, -0.15) is 0 Å². The number of aromatic nitrogens is 4. The minimum Gasteiger partial charge on any atom is -0.492 e. The van der Waals surface area contributed by atoms with Crippen molar-refractivity contribution in [3.63, 3.8) is 0 Å². The van der Waals surface area contributed by atoms with Crippen molar-refractivity contribution in [2.75, 3.05) is 18.5 Å². The predicted octanol–water partition coefficient (Wildman–Crippen LogP) is 5.61. The van der Waals surface area contributed by atoms with Crippen LogP contribution in [-0.4, -0.2) is 33.1 Å². The molecule has 37 heavy (non-hydrogen) atoms. The molecule has 0 radical (unpaired) electrons. The van der Waals surface area contributed by atoms with Crippen molar-refractivity contribution in [2.45, 2.75) is 19.9 Å². The maximum absolute atomic E-state index is 14.1. The Bertz CT molecular complexity index is 1550. The summed E-state index contributed by atoms with van der Waals surface area (Å²) >= 11 is 0. The fourth-order valence-corrected chi connectivity index (χ4v) is 4.01. The van der Waals surface area contributed by atoms with Gasteiger partial charge in [-0.25, -0.2) is 13.8 Å². The first-order valence-electron chi connectivity index (χ1n) is 12.0.